The molecule has 0 spiro atoms. The van der Waals surface area contributed by atoms with Gasteiger partial charge in [-0.2, -0.15) is 0 Å². The number of nitrogens with zero attached hydrogens (tertiary/aromatic N) is 3. The minimum atomic E-state index is 0.991. The summed E-state index contributed by atoms with van der Waals surface area (Å²) >= 11 is 1.83. The highest BCUT2D eigenvalue weighted by Crippen LogP contribution is 2.22. The molecule has 1 aliphatic rings. The van der Waals surface area contributed by atoms with Crippen LogP contribution >= 0.6 is 11.3 Å². The molecule has 0 aliphatic carbocycles. The Labute approximate surface area is 112 Å². The van der Waals surface area contributed by atoms with Crippen molar-refractivity contribution in [1.29, 1.82) is 0 Å². The van der Waals surface area contributed by atoms with Crippen molar-refractivity contribution in [3.05, 3.63) is 46.3 Å². The van der Waals surface area contributed by atoms with Crippen molar-refractivity contribution >= 4 is 17.2 Å². The fourth-order valence-electron chi connectivity index (χ4n) is 2.37. The predicted octanol–water partition coefficient (Wildman–Crippen LogP) is 2.60. The summed E-state index contributed by atoms with van der Waals surface area (Å²) in [5.41, 5.74) is 1.33. The molecule has 0 saturated carbocycles. The molecule has 0 radical (unpaired) electrons. The second-order valence-corrected chi connectivity index (χ2v) is 5.73. The van der Waals surface area contributed by atoms with Crippen LogP contribution in [-0.4, -0.2) is 30.0 Å². The van der Waals surface area contributed by atoms with Gasteiger partial charge in [-0.15, -0.1) is 11.3 Å². The number of pyridine rings is 1. The van der Waals surface area contributed by atoms with Crippen LogP contribution < -0.4 is 4.90 Å². The Hall–Kier alpha value is -1.39. The van der Waals surface area contributed by atoms with Gasteiger partial charge in [0.2, 0.25) is 0 Å². The van der Waals surface area contributed by atoms with Gasteiger partial charge >= 0.3 is 0 Å². The quantitative estimate of drug-likeness (QED) is 0.826. The molecule has 3 nitrogen and oxygen atoms in total. The summed E-state index contributed by atoms with van der Waals surface area (Å²) in [6.45, 7) is 4.16. The van der Waals surface area contributed by atoms with Crippen molar-refractivity contribution in [3.8, 4) is 0 Å². The highest BCUT2D eigenvalue weighted by molar-refractivity contribution is 7.09. The summed E-state index contributed by atoms with van der Waals surface area (Å²) in [4.78, 5) is 10.7. The first-order chi connectivity index (χ1) is 8.83. The van der Waals surface area contributed by atoms with Gasteiger partial charge in [-0.25, -0.2) is 4.98 Å². The fourth-order valence-corrected chi connectivity index (χ4v) is 3.12. The molecule has 0 fully saturated rings. The van der Waals surface area contributed by atoms with Crippen LogP contribution in [0, 0.1) is 0 Å². The van der Waals surface area contributed by atoms with Crippen LogP contribution in [0.15, 0.2) is 35.8 Å². The van der Waals surface area contributed by atoms with Gasteiger partial charge in [-0.1, -0.05) is 12.1 Å². The topological polar surface area (TPSA) is 19.4 Å². The van der Waals surface area contributed by atoms with Gasteiger partial charge in [-0.3, -0.25) is 4.90 Å². The molecular weight excluding hydrogens is 242 g/mol. The van der Waals surface area contributed by atoms with Gasteiger partial charge < -0.3 is 4.90 Å². The summed E-state index contributed by atoms with van der Waals surface area (Å²) in [7, 11) is 2.13. The first-order valence-electron chi connectivity index (χ1n) is 6.23. The van der Waals surface area contributed by atoms with Crippen molar-refractivity contribution in [1.82, 2.24) is 9.88 Å². The lowest BCUT2D eigenvalue weighted by Crippen LogP contribution is -2.28. The summed E-state index contributed by atoms with van der Waals surface area (Å²) < 4.78 is 0. The molecule has 3 heterocycles. The summed E-state index contributed by atoms with van der Waals surface area (Å²) in [6.07, 6.45) is 1.88. The lowest BCUT2D eigenvalue weighted by molar-refractivity contribution is 0.272. The van der Waals surface area contributed by atoms with E-state index in [9.17, 15) is 0 Å². The van der Waals surface area contributed by atoms with Crippen molar-refractivity contribution in [3.63, 3.8) is 0 Å². The van der Waals surface area contributed by atoms with Crippen LogP contribution in [0.4, 0.5) is 5.82 Å². The van der Waals surface area contributed by atoms with Gasteiger partial charge in [0.15, 0.2) is 0 Å². The molecule has 0 aromatic carbocycles. The predicted molar refractivity (Wildman–Crippen MR) is 75.9 cm³/mol. The van der Waals surface area contributed by atoms with Gasteiger partial charge in [0.05, 0.1) is 0 Å². The molecule has 1 aliphatic heterocycles. The lowest BCUT2D eigenvalue weighted by Gasteiger charge is -2.19. The Morgan fingerprint density at radius 3 is 3.06 bits per heavy atom. The van der Waals surface area contributed by atoms with Crippen molar-refractivity contribution in [2.75, 3.05) is 25.0 Å². The van der Waals surface area contributed by atoms with Crippen LogP contribution in [0.5, 0.6) is 0 Å². The maximum Gasteiger partial charge on any atom is 0.132 e. The molecular formula is C14H17N3S. The largest absolute Gasteiger partial charge is 0.358 e. The smallest absolute Gasteiger partial charge is 0.132 e. The molecule has 0 saturated heterocycles. The van der Waals surface area contributed by atoms with Crippen LogP contribution in [0.25, 0.3) is 0 Å². The van der Waals surface area contributed by atoms with E-state index < -0.39 is 0 Å². The Kier molecular flexibility index (Phi) is 3.30. The fraction of sp³-hybridized carbons (Fsp3) is 0.357. The van der Waals surface area contributed by atoms with E-state index in [4.69, 9.17) is 0 Å². The molecule has 94 valence electrons. The van der Waals surface area contributed by atoms with E-state index in [1.807, 2.05) is 23.6 Å². The molecule has 0 amide bonds. The molecule has 18 heavy (non-hydrogen) atoms. The van der Waals surface area contributed by atoms with Crippen LogP contribution in [-0.2, 0) is 13.1 Å². The van der Waals surface area contributed by atoms with E-state index in [1.165, 1.54) is 10.4 Å². The second-order valence-electron chi connectivity index (χ2n) is 4.70. The standard InChI is InChI=1S/C14H17N3S/c1-16-7-8-17(11-13-5-3-9-18-13)10-12-4-2-6-15-14(12)16/h2-6,9H,7-8,10-11H2,1H3. The Morgan fingerprint density at radius 1 is 1.28 bits per heavy atom. The summed E-state index contributed by atoms with van der Waals surface area (Å²) in [6, 6.07) is 8.55. The van der Waals surface area contributed by atoms with Crippen LogP contribution in [0.2, 0.25) is 0 Å². The molecule has 0 bridgehead atoms. The molecule has 0 N–H and O–H groups in total. The molecule has 0 unspecified atom stereocenters. The number of rotatable bonds is 2. The maximum absolute atomic E-state index is 4.49. The number of thiophene rings is 1. The third kappa shape index (κ3) is 2.40. The summed E-state index contributed by atoms with van der Waals surface area (Å²) in [5, 5.41) is 2.15. The zero-order valence-electron chi connectivity index (χ0n) is 10.5. The first kappa shape index (κ1) is 11.7. The average Bonchev–Trinajstić information content (AvgIpc) is 2.83. The Bertz CT molecular complexity index is 510. The minimum absolute atomic E-state index is 0.991. The molecule has 3 rings (SSSR count). The van der Waals surface area contributed by atoms with Gasteiger partial charge in [-0.05, 0) is 17.5 Å². The number of fused-ring (bicyclic) bond motifs is 1. The molecule has 2 aromatic rings. The first-order valence-corrected chi connectivity index (χ1v) is 7.10. The highest BCUT2D eigenvalue weighted by Gasteiger charge is 2.18. The van der Waals surface area contributed by atoms with Gasteiger partial charge in [0, 0.05) is 49.9 Å². The summed E-state index contributed by atoms with van der Waals surface area (Å²) in [5.74, 6) is 1.13. The number of aromatic nitrogens is 1. The number of anilines is 1. The monoisotopic (exact) mass is 259 g/mol. The number of likely N-dealkylation sites (N-methyl/N-ethyl adjacent to an activating group) is 1. The Morgan fingerprint density at radius 2 is 2.22 bits per heavy atom. The normalized spacial score (nSPS) is 16.4. The number of hydrogen-bond acceptors (Lipinski definition) is 4. The van der Waals surface area contributed by atoms with Gasteiger partial charge in [0.1, 0.15) is 5.82 Å². The van der Waals surface area contributed by atoms with Crippen LogP contribution in [0.3, 0.4) is 0 Å². The SMILES string of the molecule is CN1CCN(Cc2cccs2)Cc2cccnc21. The zero-order chi connectivity index (χ0) is 12.4. The zero-order valence-corrected chi connectivity index (χ0v) is 11.4. The third-order valence-corrected chi connectivity index (χ3v) is 4.20. The van der Waals surface area contributed by atoms with Crippen LogP contribution in [0.1, 0.15) is 10.4 Å². The molecule has 0 atom stereocenters. The third-order valence-electron chi connectivity index (χ3n) is 3.33. The van der Waals surface area contributed by atoms with E-state index in [0.717, 1.165) is 32.0 Å². The van der Waals surface area contributed by atoms with Crippen molar-refractivity contribution < 1.29 is 0 Å². The average molecular weight is 259 g/mol. The van der Waals surface area contributed by atoms with E-state index in [-0.39, 0.29) is 0 Å². The van der Waals surface area contributed by atoms with E-state index in [0.29, 0.717) is 0 Å². The van der Waals surface area contributed by atoms with Crippen molar-refractivity contribution in [2.45, 2.75) is 13.1 Å². The van der Waals surface area contributed by atoms with E-state index >= 15 is 0 Å². The van der Waals surface area contributed by atoms with Crippen molar-refractivity contribution in [2.24, 2.45) is 0 Å². The van der Waals surface area contributed by atoms with E-state index in [2.05, 4.69) is 45.4 Å². The molecule has 4 heteroatoms. The highest BCUT2D eigenvalue weighted by atomic mass is 32.1. The maximum atomic E-state index is 4.49. The second kappa shape index (κ2) is 5.08. The van der Waals surface area contributed by atoms with E-state index in [1.54, 1.807) is 0 Å². The van der Waals surface area contributed by atoms with Gasteiger partial charge in [0.25, 0.3) is 0 Å². The lowest BCUT2D eigenvalue weighted by atomic mass is 10.2. The Balaban J connectivity index is 1.80. The minimum Gasteiger partial charge on any atom is -0.358 e. The number of hydrogen-bond donors (Lipinski definition) is 0. The molecule has 2 aromatic heterocycles.